The maximum Gasteiger partial charge on any atom is 0.251 e. The highest BCUT2D eigenvalue weighted by atomic mass is 16.5. The SMILES string of the molecule is CC1(C)Oc2ccc(C#N)cc2[C@@H](n2ccc(C(O)CCO)cc2=O)[C@@H]1O. The number of nitriles is 1. The Morgan fingerprint density at radius 1 is 1.33 bits per heavy atom. The first-order valence-corrected chi connectivity index (χ1v) is 8.70. The third-order valence-electron chi connectivity index (χ3n) is 4.90. The van der Waals surface area contributed by atoms with Gasteiger partial charge in [0.25, 0.3) is 5.56 Å². The number of hydrogen-bond donors (Lipinski definition) is 3. The van der Waals surface area contributed by atoms with Crippen molar-refractivity contribution in [3.8, 4) is 11.8 Å². The summed E-state index contributed by atoms with van der Waals surface area (Å²) < 4.78 is 7.25. The summed E-state index contributed by atoms with van der Waals surface area (Å²) in [5.41, 5.74) is 0.000878. The van der Waals surface area contributed by atoms with E-state index in [9.17, 15) is 20.3 Å². The van der Waals surface area contributed by atoms with Gasteiger partial charge in [-0.05, 0) is 43.7 Å². The average molecular weight is 370 g/mol. The lowest BCUT2D eigenvalue weighted by Crippen LogP contribution is -2.52. The second kappa shape index (κ2) is 7.16. The van der Waals surface area contributed by atoms with Crippen LogP contribution in [0.5, 0.6) is 5.75 Å². The van der Waals surface area contributed by atoms with E-state index in [4.69, 9.17) is 9.84 Å². The largest absolute Gasteiger partial charge is 0.485 e. The van der Waals surface area contributed by atoms with Gasteiger partial charge in [0.05, 0.1) is 23.8 Å². The zero-order valence-electron chi connectivity index (χ0n) is 15.2. The molecule has 1 aliphatic heterocycles. The van der Waals surface area contributed by atoms with E-state index in [0.717, 1.165) is 0 Å². The van der Waals surface area contributed by atoms with Gasteiger partial charge in [0.2, 0.25) is 0 Å². The summed E-state index contributed by atoms with van der Waals surface area (Å²) in [6, 6.07) is 9.10. The number of aromatic nitrogens is 1. The number of benzene rings is 1. The van der Waals surface area contributed by atoms with Gasteiger partial charge in [0.15, 0.2) is 0 Å². The van der Waals surface area contributed by atoms with Crippen LogP contribution in [0.25, 0.3) is 0 Å². The van der Waals surface area contributed by atoms with Gasteiger partial charge in [-0.15, -0.1) is 0 Å². The summed E-state index contributed by atoms with van der Waals surface area (Å²) in [5, 5.41) is 39.0. The number of rotatable bonds is 4. The zero-order valence-corrected chi connectivity index (χ0v) is 15.2. The van der Waals surface area contributed by atoms with Crippen LogP contribution >= 0.6 is 0 Å². The molecule has 7 nitrogen and oxygen atoms in total. The highest BCUT2D eigenvalue weighted by Gasteiger charge is 2.44. The van der Waals surface area contributed by atoms with Crippen molar-refractivity contribution in [2.75, 3.05) is 6.61 Å². The van der Waals surface area contributed by atoms with Crippen LogP contribution in [0.15, 0.2) is 41.3 Å². The standard InChI is InChI=1S/C20H22N2O5/c1-20(2)19(26)18(14-9-12(11-21)3-4-16(14)27-20)22-7-5-13(10-17(22)25)15(24)6-8-23/h3-5,7,9-10,15,18-19,23-24,26H,6,8H2,1-2H3/t15?,18-,19+/m1/s1. The molecule has 3 N–H and O–H groups in total. The van der Waals surface area contributed by atoms with Crippen molar-refractivity contribution in [3.05, 3.63) is 63.6 Å². The Bertz CT molecular complexity index is 944. The third kappa shape index (κ3) is 3.47. The van der Waals surface area contributed by atoms with Crippen LogP contribution in [-0.4, -0.2) is 38.2 Å². The van der Waals surface area contributed by atoms with Crippen LogP contribution in [0.2, 0.25) is 0 Å². The fraction of sp³-hybridized carbons (Fsp3) is 0.400. The molecule has 0 saturated carbocycles. The molecule has 2 aromatic rings. The van der Waals surface area contributed by atoms with Crippen LogP contribution in [0.3, 0.4) is 0 Å². The Hall–Kier alpha value is -2.66. The van der Waals surface area contributed by atoms with E-state index >= 15 is 0 Å². The molecule has 2 heterocycles. The van der Waals surface area contributed by atoms with Crippen molar-refractivity contribution in [3.63, 3.8) is 0 Å². The lowest BCUT2D eigenvalue weighted by Gasteiger charge is -2.42. The Labute approximate surface area is 156 Å². The van der Waals surface area contributed by atoms with Crippen molar-refractivity contribution in [2.45, 2.75) is 44.1 Å². The molecule has 0 spiro atoms. The van der Waals surface area contributed by atoms with Gasteiger partial charge in [-0.1, -0.05) is 0 Å². The van der Waals surface area contributed by atoms with Crippen molar-refractivity contribution < 1.29 is 20.1 Å². The Balaban J connectivity index is 2.13. The predicted molar refractivity (Wildman–Crippen MR) is 97.4 cm³/mol. The van der Waals surface area contributed by atoms with E-state index in [0.29, 0.717) is 22.4 Å². The number of hydrogen-bond acceptors (Lipinski definition) is 6. The van der Waals surface area contributed by atoms with E-state index in [-0.39, 0.29) is 13.0 Å². The minimum Gasteiger partial charge on any atom is -0.485 e. The summed E-state index contributed by atoms with van der Waals surface area (Å²) in [7, 11) is 0. The number of aliphatic hydroxyl groups excluding tert-OH is 3. The highest BCUT2D eigenvalue weighted by Crippen LogP contribution is 2.41. The molecule has 1 unspecified atom stereocenters. The van der Waals surface area contributed by atoms with E-state index in [1.165, 1.54) is 16.8 Å². The van der Waals surface area contributed by atoms with Crippen molar-refractivity contribution in [1.29, 1.82) is 5.26 Å². The first kappa shape index (κ1) is 19.1. The van der Waals surface area contributed by atoms with Gasteiger partial charge in [-0.25, -0.2) is 0 Å². The van der Waals surface area contributed by atoms with E-state index < -0.39 is 29.4 Å². The molecule has 0 amide bonds. The number of aliphatic hydroxyl groups is 3. The van der Waals surface area contributed by atoms with Gasteiger partial charge < -0.3 is 24.6 Å². The molecule has 142 valence electrons. The van der Waals surface area contributed by atoms with E-state index in [1.54, 1.807) is 38.1 Å². The molecular weight excluding hydrogens is 348 g/mol. The summed E-state index contributed by atoms with van der Waals surface area (Å²) in [4.78, 5) is 12.7. The fourth-order valence-corrected chi connectivity index (χ4v) is 3.37. The van der Waals surface area contributed by atoms with Crippen molar-refractivity contribution in [1.82, 2.24) is 4.57 Å². The maximum atomic E-state index is 12.7. The van der Waals surface area contributed by atoms with E-state index in [1.807, 2.05) is 0 Å². The van der Waals surface area contributed by atoms with Crippen LogP contribution in [0, 0.1) is 11.3 Å². The molecular formula is C20H22N2O5. The quantitative estimate of drug-likeness (QED) is 0.746. The molecule has 1 aromatic heterocycles. The summed E-state index contributed by atoms with van der Waals surface area (Å²) in [6.45, 7) is 3.27. The predicted octanol–water partition coefficient (Wildman–Crippen LogP) is 1.26. The molecule has 3 atom stereocenters. The minimum atomic E-state index is -1.04. The second-order valence-electron chi connectivity index (χ2n) is 7.19. The lowest BCUT2D eigenvalue weighted by molar-refractivity contribution is -0.0643. The first-order valence-electron chi connectivity index (χ1n) is 8.70. The average Bonchev–Trinajstić information content (AvgIpc) is 2.63. The minimum absolute atomic E-state index is 0.130. The Kier molecular flexibility index (Phi) is 5.07. The smallest absolute Gasteiger partial charge is 0.251 e. The van der Waals surface area contributed by atoms with Crippen LogP contribution in [0.4, 0.5) is 0 Å². The summed E-state index contributed by atoms with van der Waals surface area (Å²) in [5.74, 6) is 0.505. The Morgan fingerprint density at radius 3 is 2.70 bits per heavy atom. The summed E-state index contributed by atoms with van der Waals surface area (Å²) in [6.07, 6.45) is -0.336. The van der Waals surface area contributed by atoms with Crippen LogP contribution < -0.4 is 10.3 Å². The fourth-order valence-electron chi connectivity index (χ4n) is 3.37. The molecule has 0 fully saturated rings. The van der Waals surface area contributed by atoms with E-state index in [2.05, 4.69) is 6.07 Å². The van der Waals surface area contributed by atoms with Gasteiger partial charge >= 0.3 is 0 Å². The normalized spacial score (nSPS) is 21.6. The maximum absolute atomic E-state index is 12.7. The lowest BCUT2D eigenvalue weighted by atomic mass is 9.85. The zero-order chi connectivity index (χ0) is 19.8. The Morgan fingerprint density at radius 2 is 2.07 bits per heavy atom. The van der Waals surface area contributed by atoms with Gasteiger partial charge in [0, 0.05) is 30.9 Å². The number of fused-ring (bicyclic) bond motifs is 1. The van der Waals surface area contributed by atoms with Crippen LogP contribution in [0.1, 0.15) is 49.1 Å². The van der Waals surface area contributed by atoms with Gasteiger partial charge in [0.1, 0.15) is 17.5 Å². The summed E-state index contributed by atoms with van der Waals surface area (Å²) >= 11 is 0. The van der Waals surface area contributed by atoms with Crippen molar-refractivity contribution in [2.24, 2.45) is 0 Å². The number of pyridine rings is 1. The number of ether oxygens (including phenoxy) is 1. The monoisotopic (exact) mass is 370 g/mol. The molecule has 7 heteroatoms. The second-order valence-corrected chi connectivity index (χ2v) is 7.19. The van der Waals surface area contributed by atoms with Crippen LogP contribution in [-0.2, 0) is 0 Å². The highest BCUT2D eigenvalue weighted by molar-refractivity contribution is 5.46. The molecule has 0 saturated heterocycles. The topological polar surface area (TPSA) is 116 Å². The molecule has 1 aromatic carbocycles. The molecule has 27 heavy (non-hydrogen) atoms. The third-order valence-corrected chi connectivity index (χ3v) is 4.90. The molecule has 3 rings (SSSR count). The van der Waals surface area contributed by atoms with Crippen molar-refractivity contribution >= 4 is 0 Å². The molecule has 0 bridgehead atoms. The molecule has 0 aliphatic carbocycles. The van der Waals surface area contributed by atoms with Gasteiger partial charge in [-0.3, -0.25) is 4.79 Å². The molecule has 1 aliphatic rings. The first-order chi connectivity index (χ1) is 12.8. The van der Waals surface area contributed by atoms with Gasteiger partial charge in [-0.2, -0.15) is 5.26 Å². The molecule has 0 radical (unpaired) electrons. The number of nitrogens with zero attached hydrogens (tertiary/aromatic N) is 2.